The maximum atomic E-state index is 13.1. The van der Waals surface area contributed by atoms with Crippen molar-refractivity contribution >= 4 is 22.5 Å². The molecule has 0 aliphatic heterocycles. The van der Waals surface area contributed by atoms with Crippen LogP contribution in [0, 0.1) is 6.92 Å². The third kappa shape index (κ3) is 6.82. The van der Waals surface area contributed by atoms with Gasteiger partial charge >= 0.3 is 6.18 Å². The summed E-state index contributed by atoms with van der Waals surface area (Å²) in [7, 11) is 1.58. The Balaban J connectivity index is 1.59. The molecule has 194 valence electrons. The van der Waals surface area contributed by atoms with Gasteiger partial charge in [-0.1, -0.05) is 0 Å². The topological polar surface area (TPSA) is 127 Å². The zero-order valence-electron chi connectivity index (χ0n) is 19.9. The van der Waals surface area contributed by atoms with Gasteiger partial charge in [0, 0.05) is 24.6 Å². The number of aromatic nitrogens is 4. The molecule has 1 aliphatic rings. The van der Waals surface area contributed by atoms with Gasteiger partial charge in [0.1, 0.15) is 42.2 Å². The normalized spacial score (nSPS) is 13.7. The van der Waals surface area contributed by atoms with E-state index < -0.39 is 11.9 Å². The lowest BCUT2D eigenvalue weighted by Gasteiger charge is -2.16. The smallest absolute Gasteiger partial charge is 0.433 e. The third-order valence-corrected chi connectivity index (χ3v) is 5.13. The van der Waals surface area contributed by atoms with E-state index in [0.29, 0.717) is 72.6 Å². The van der Waals surface area contributed by atoms with Crippen LogP contribution < -0.4 is 20.5 Å². The van der Waals surface area contributed by atoms with Crippen molar-refractivity contribution in [3.05, 3.63) is 35.5 Å². The summed E-state index contributed by atoms with van der Waals surface area (Å²) in [6.45, 7) is 3.00. The summed E-state index contributed by atoms with van der Waals surface area (Å²) in [6, 6.07) is 4.13. The highest BCUT2D eigenvalue weighted by Gasteiger charge is 2.33. The Labute approximate surface area is 205 Å². The Morgan fingerprint density at radius 2 is 1.69 bits per heavy atom. The van der Waals surface area contributed by atoms with Gasteiger partial charge in [-0.05, 0) is 25.8 Å². The molecule has 3 N–H and O–H groups in total. The Kier molecular flexibility index (Phi) is 7.89. The molecular formula is C23H27F3N6O4. The van der Waals surface area contributed by atoms with Gasteiger partial charge < -0.3 is 30.0 Å². The largest absolute Gasteiger partial charge is 0.487 e. The molecule has 0 amide bonds. The highest BCUT2D eigenvalue weighted by molar-refractivity contribution is 5.91. The number of rotatable bonds is 12. The van der Waals surface area contributed by atoms with Crippen molar-refractivity contribution in [2.45, 2.75) is 38.6 Å². The van der Waals surface area contributed by atoms with Crippen LogP contribution in [0.5, 0.6) is 11.5 Å². The number of nitrogens with two attached hydrogens (primary N) is 1. The first-order chi connectivity index (χ1) is 17.2. The number of methoxy groups -OCH3 is 1. The van der Waals surface area contributed by atoms with Crippen molar-refractivity contribution in [2.75, 3.05) is 44.6 Å². The van der Waals surface area contributed by atoms with Gasteiger partial charge in [0.15, 0.2) is 11.5 Å². The Hall–Kier alpha value is -3.45. The fourth-order valence-corrected chi connectivity index (χ4v) is 3.35. The number of aryl methyl sites for hydroxylation is 1. The molecule has 2 heterocycles. The lowest BCUT2D eigenvalue weighted by Crippen LogP contribution is -2.15. The van der Waals surface area contributed by atoms with Gasteiger partial charge in [0.25, 0.3) is 0 Å². The molecule has 0 bridgehead atoms. The van der Waals surface area contributed by atoms with Crippen molar-refractivity contribution < 1.29 is 32.1 Å². The van der Waals surface area contributed by atoms with Gasteiger partial charge in [-0.2, -0.15) is 13.2 Å². The molecule has 1 aliphatic carbocycles. The zero-order chi connectivity index (χ0) is 25.7. The lowest BCUT2D eigenvalue weighted by atomic mass is 10.2. The van der Waals surface area contributed by atoms with E-state index in [0.717, 1.165) is 12.8 Å². The van der Waals surface area contributed by atoms with Crippen LogP contribution in [0.3, 0.4) is 0 Å². The van der Waals surface area contributed by atoms with Crippen LogP contribution in [0.1, 0.15) is 30.2 Å². The molecule has 10 nitrogen and oxygen atoms in total. The maximum absolute atomic E-state index is 13.1. The van der Waals surface area contributed by atoms with Gasteiger partial charge in [-0.25, -0.2) is 19.9 Å². The van der Waals surface area contributed by atoms with E-state index in [1.807, 2.05) is 0 Å². The van der Waals surface area contributed by atoms with E-state index in [4.69, 9.17) is 24.7 Å². The predicted molar refractivity (Wildman–Crippen MR) is 125 cm³/mol. The molecule has 0 radical (unpaired) electrons. The minimum atomic E-state index is -4.64. The Bertz CT molecular complexity index is 1210. The van der Waals surface area contributed by atoms with Crippen molar-refractivity contribution in [3.8, 4) is 11.5 Å². The summed E-state index contributed by atoms with van der Waals surface area (Å²) in [5.41, 5.74) is 5.00. The minimum absolute atomic E-state index is 0.125. The fraction of sp³-hybridized carbons (Fsp3) is 0.478. The van der Waals surface area contributed by atoms with Crippen molar-refractivity contribution in [3.63, 3.8) is 0 Å². The summed E-state index contributed by atoms with van der Waals surface area (Å²) in [5.74, 6) is 1.35. The zero-order valence-corrected chi connectivity index (χ0v) is 19.9. The second-order valence-corrected chi connectivity index (χ2v) is 8.14. The number of nitrogen functional groups attached to an aromatic ring is 1. The van der Waals surface area contributed by atoms with E-state index >= 15 is 0 Å². The van der Waals surface area contributed by atoms with Gasteiger partial charge in [-0.3, -0.25) is 0 Å². The number of hydrogen-bond acceptors (Lipinski definition) is 10. The monoisotopic (exact) mass is 508 g/mol. The van der Waals surface area contributed by atoms with Crippen LogP contribution in [-0.4, -0.2) is 59.6 Å². The molecule has 4 rings (SSSR count). The first-order valence-electron chi connectivity index (χ1n) is 11.4. The molecular weight excluding hydrogens is 481 g/mol. The van der Waals surface area contributed by atoms with E-state index in [-0.39, 0.29) is 18.2 Å². The summed E-state index contributed by atoms with van der Waals surface area (Å²) in [5, 5.41) is 3.58. The van der Waals surface area contributed by atoms with Crippen LogP contribution in [0.2, 0.25) is 0 Å². The molecule has 0 unspecified atom stereocenters. The number of nitrogens with one attached hydrogen (secondary N) is 1. The number of halogens is 3. The quantitative estimate of drug-likeness (QED) is 0.351. The summed E-state index contributed by atoms with van der Waals surface area (Å²) < 4.78 is 61.8. The van der Waals surface area contributed by atoms with Gasteiger partial charge in [0.2, 0.25) is 0 Å². The van der Waals surface area contributed by atoms with Crippen molar-refractivity contribution in [1.29, 1.82) is 0 Å². The van der Waals surface area contributed by atoms with E-state index in [1.54, 1.807) is 26.2 Å². The van der Waals surface area contributed by atoms with E-state index in [1.165, 1.54) is 0 Å². The number of hydrogen-bond donors (Lipinski definition) is 2. The highest BCUT2D eigenvalue weighted by Crippen LogP contribution is 2.35. The van der Waals surface area contributed by atoms with Crippen LogP contribution in [0.15, 0.2) is 18.2 Å². The van der Waals surface area contributed by atoms with Crippen LogP contribution in [0.4, 0.5) is 24.8 Å². The molecule has 1 saturated carbocycles. The summed E-state index contributed by atoms with van der Waals surface area (Å²) >= 11 is 0. The maximum Gasteiger partial charge on any atom is 0.433 e. The third-order valence-electron chi connectivity index (χ3n) is 5.13. The Morgan fingerprint density at radius 3 is 2.39 bits per heavy atom. The van der Waals surface area contributed by atoms with Crippen LogP contribution in [-0.2, 0) is 22.2 Å². The van der Waals surface area contributed by atoms with Gasteiger partial charge in [-0.15, -0.1) is 0 Å². The van der Waals surface area contributed by atoms with E-state index in [2.05, 4.69) is 25.3 Å². The molecule has 13 heteroatoms. The lowest BCUT2D eigenvalue weighted by molar-refractivity contribution is -0.141. The average Bonchev–Trinajstić information content (AvgIpc) is 3.64. The molecule has 2 aromatic heterocycles. The average molecular weight is 509 g/mol. The number of alkyl halides is 3. The minimum Gasteiger partial charge on any atom is -0.487 e. The number of anilines is 2. The SMILES string of the molecule is COCCOc1cc2nc(C)nc(NCc3nc(N)cc(C(F)(F)F)n3)c2cc1OCCOC1CC1. The molecule has 1 fully saturated rings. The molecule has 0 spiro atoms. The first-order valence-corrected chi connectivity index (χ1v) is 11.4. The number of benzene rings is 1. The second-order valence-electron chi connectivity index (χ2n) is 8.14. The van der Waals surface area contributed by atoms with Gasteiger partial charge in [0.05, 0.1) is 31.4 Å². The number of fused-ring (bicyclic) bond motifs is 1. The highest BCUT2D eigenvalue weighted by atomic mass is 19.4. The molecule has 1 aromatic carbocycles. The summed E-state index contributed by atoms with van der Waals surface area (Å²) in [6.07, 6.45) is -2.21. The number of ether oxygens (including phenoxy) is 4. The summed E-state index contributed by atoms with van der Waals surface area (Å²) in [4.78, 5) is 16.3. The first kappa shape index (κ1) is 25.6. The fourth-order valence-electron chi connectivity index (χ4n) is 3.35. The molecule has 36 heavy (non-hydrogen) atoms. The molecule has 0 saturated heterocycles. The van der Waals surface area contributed by atoms with Crippen LogP contribution in [0.25, 0.3) is 10.9 Å². The predicted octanol–water partition coefficient (Wildman–Crippen LogP) is 3.52. The Morgan fingerprint density at radius 1 is 0.972 bits per heavy atom. The second kappa shape index (κ2) is 11.1. The molecule has 3 aromatic rings. The van der Waals surface area contributed by atoms with E-state index in [9.17, 15) is 13.2 Å². The standard InChI is InChI=1S/C23H27F3N6O4/c1-13-29-16-10-18(35-6-5-33-2)17(36-8-7-34-14-3-4-14)9-15(16)22(30-13)28-12-21-31-19(23(24,25)26)11-20(27)32-21/h9-11,14H,3-8,12H2,1-2H3,(H2,27,31,32)(H,28,29,30). The van der Waals surface area contributed by atoms with Crippen LogP contribution >= 0.6 is 0 Å². The molecule has 0 atom stereocenters. The van der Waals surface area contributed by atoms with Crippen molar-refractivity contribution in [2.24, 2.45) is 0 Å². The number of nitrogens with zero attached hydrogens (tertiary/aromatic N) is 4. The van der Waals surface area contributed by atoms with Crippen molar-refractivity contribution in [1.82, 2.24) is 19.9 Å².